The van der Waals surface area contributed by atoms with Gasteiger partial charge in [0.15, 0.2) is 9.84 Å². The molecule has 2 fully saturated rings. The predicted octanol–water partition coefficient (Wildman–Crippen LogP) is -0.0309. The van der Waals surface area contributed by atoms with Crippen molar-refractivity contribution < 1.29 is 17.9 Å². The monoisotopic (exact) mass is 339 g/mol. The number of carbonyl (C=O) groups excluding carboxylic acids is 1. The van der Waals surface area contributed by atoms with E-state index in [1.165, 1.54) is 0 Å². The van der Waals surface area contributed by atoms with Gasteiger partial charge in [-0.2, -0.15) is 0 Å². The van der Waals surface area contributed by atoms with Crippen LogP contribution in [0.5, 0.6) is 0 Å². The van der Waals surface area contributed by atoms with Gasteiger partial charge in [-0.15, -0.1) is 0 Å². The Hall–Kier alpha value is -1.67. The number of morpholine rings is 1. The average molecular weight is 339 g/mol. The highest BCUT2D eigenvalue weighted by atomic mass is 32.2. The fourth-order valence-corrected chi connectivity index (χ4v) is 4.58. The molecule has 8 heteroatoms. The van der Waals surface area contributed by atoms with E-state index in [0.29, 0.717) is 26.2 Å². The topological polar surface area (TPSA) is 88.6 Å². The lowest BCUT2D eigenvalue weighted by atomic mass is 10.1. The molecule has 0 bridgehead atoms. The summed E-state index contributed by atoms with van der Waals surface area (Å²) in [4.78, 5) is 18.6. The van der Waals surface area contributed by atoms with Crippen LogP contribution in [0.4, 0.5) is 5.82 Å². The van der Waals surface area contributed by atoms with Gasteiger partial charge in [0.2, 0.25) is 5.91 Å². The molecule has 2 aliphatic heterocycles. The van der Waals surface area contributed by atoms with Crippen LogP contribution in [0.15, 0.2) is 18.3 Å². The molecule has 1 amide bonds. The van der Waals surface area contributed by atoms with Gasteiger partial charge in [-0.3, -0.25) is 4.79 Å². The number of hydrogen-bond acceptors (Lipinski definition) is 6. The first-order valence-corrected chi connectivity index (χ1v) is 9.61. The molecule has 0 aromatic carbocycles. The van der Waals surface area contributed by atoms with Crippen molar-refractivity contribution in [2.75, 3.05) is 42.7 Å². The van der Waals surface area contributed by atoms with Gasteiger partial charge in [0, 0.05) is 25.8 Å². The third-order valence-corrected chi connectivity index (χ3v) is 5.98. The molecule has 1 aromatic heterocycles. The summed E-state index contributed by atoms with van der Waals surface area (Å²) < 4.78 is 28.1. The van der Waals surface area contributed by atoms with Crippen LogP contribution in [0, 0.1) is 5.92 Å². The summed E-state index contributed by atoms with van der Waals surface area (Å²) in [6.07, 6.45) is 2.17. The largest absolute Gasteiger partial charge is 0.378 e. The summed E-state index contributed by atoms with van der Waals surface area (Å²) in [7, 11) is -3.03. The van der Waals surface area contributed by atoms with Gasteiger partial charge in [0.05, 0.1) is 30.6 Å². The molecule has 0 radical (unpaired) electrons. The minimum atomic E-state index is -3.03. The van der Waals surface area contributed by atoms with E-state index in [-0.39, 0.29) is 17.4 Å². The van der Waals surface area contributed by atoms with Crippen LogP contribution in [0.25, 0.3) is 0 Å². The van der Waals surface area contributed by atoms with E-state index in [1.54, 1.807) is 6.20 Å². The molecule has 1 atom stereocenters. The molecule has 3 heterocycles. The second kappa shape index (κ2) is 6.84. The van der Waals surface area contributed by atoms with E-state index >= 15 is 0 Å². The molecule has 3 rings (SSSR count). The summed E-state index contributed by atoms with van der Waals surface area (Å²) in [6, 6.07) is 3.87. The number of carbonyl (C=O) groups is 1. The second-order valence-corrected chi connectivity index (χ2v) is 8.17. The van der Waals surface area contributed by atoms with Crippen molar-refractivity contribution in [2.45, 2.75) is 13.0 Å². The second-order valence-electron chi connectivity index (χ2n) is 5.94. The van der Waals surface area contributed by atoms with Gasteiger partial charge in [-0.05, 0) is 18.1 Å². The first-order chi connectivity index (χ1) is 11.0. The number of aromatic nitrogens is 1. The number of anilines is 1. The van der Waals surface area contributed by atoms with Gasteiger partial charge in [0.25, 0.3) is 0 Å². The Bertz CT molecular complexity index is 654. The molecule has 23 heavy (non-hydrogen) atoms. The molecule has 2 saturated heterocycles. The summed E-state index contributed by atoms with van der Waals surface area (Å²) in [6.45, 7) is 3.46. The summed E-state index contributed by atoms with van der Waals surface area (Å²) in [5.74, 6) is 0.377. The number of ether oxygens (including phenoxy) is 1. The van der Waals surface area contributed by atoms with E-state index in [0.717, 1.165) is 24.5 Å². The quantitative estimate of drug-likeness (QED) is 0.829. The number of pyridine rings is 1. The Morgan fingerprint density at radius 2 is 2.13 bits per heavy atom. The predicted molar refractivity (Wildman–Crippen MR) is 85.9 cm³/mol. The van der Waals surface area contributed by atoms with Gasteiger partial charge >= 0.3 is 0 Å². The molecule has 1 aromatic rings. The zero-order chi connectivity index (χ0) is 16.3. The van der Waals surface area contributed by atoms with E-state index in [1.807, 2.05) is 12.1 Å². The lowest BCUT2D eigenvalue weighted by Crippen LogP contribution is -2.36. The molecule has 1 unspecified atom stereocenters. The number of nitrogens with zero attached hydrogens (tertiary/aromatic N) is 2. The molecule has 2 aliphatic rings. The SMILES string of the molecule is O=C(NCc1ccc(N2CCOCC2)nc1)C1CCS(=O)(=O)C1. The molecular weight excluding hydrogens is 318 g/mol. The normalized spacial score (nSPS) is 23.7. The Balaban J connectivity index is 1.51. The van der Waals surface area contributed by atoms with E-state index in [9.17, 15) is 13.2 Å². The fraction of sp³-hybridized carbons (Fsp3) is 0.600. The van der Waals surface area contributed by atoms with Crippen molar-refractivity contribution in [2.24, 2.45) is 5.92 Å². The summed E-state index contributed by atoms with van der Waals surface area (Å²) >= 11 is 0. The molecule has 1 N–H and O–H groups in total. The summed E-state index contributed by atoms with van der Waals surface area (Å²) in [5.41, 5.74) is 0.899. The molecule has 126 valence electrons. The van der Waals surface area contributed by atoms with Crippen molar-refractivity contribution in [3.8, 4) is 0 Å². The van der Waals surface area contributed by atoms with Gasteiger partial charge < -0.3 is 15.0 Å². The third-order valence-electron chi connectivity index (χ3n) is 4.21. The van der Waals surface area contributed by atoms with E-state index in [2.05, 4.69) is 15.2 Å². The van der Waals surface area contributed by atoms with Gasteiger partial charge in [0.1, 0.15) is 5.82 Å². The van der Waals surface area contributed by atoms with Crippen LogP contribution in [-0.2, 0) is 25.9 Å². The van der Waals surface area contributed by atoms with Crippen LogP contribution in [-0.4, -0.2) is 57.1 Å². The standard InChI is InChI=1S/C15H21N3O4S/c19-15(13-3-8-23(20,21)11-13)17-10-12-1-2-14(16-9-12)18-4-6-22-7-5-18/h1-2,9,13H,3-8,10-11H2,(H,17,19). The van der Waals surface area contributed by atoms with Gasteiger partial charge in [-0.25, -0.2) is 13.4 Å². The smallest absolute Gasteiger partial charge is 0.224 e. The highest BCUT2D eigenvalue weighted by Gasteiger charge is 2.32. The number of hydrogen-bond donors (Lipinski definition) is 1. The maximum absolute atomic E-state index is 12.0. The zero-order valence-corrected chi connectivity index (χ0v) is 13.7. The van der Waals surface area contributed by atoms with Crippen LogP contribution < -0.4 is 10.2 Å². The van der Waals surface area contributed by atoms with Crippen LogP contribution in [0.2, 0.25) is 0 Å². The molecule has 0 aliphatic carbocycles. The number of nitrogens with one attached hydrogen (secondary N) is 1. The minimum Gasteiger partial charge on any atom is -0.378 e. The lowest BCUT2D eigenvalue weighted by Gasteiger charge is -2.27. The van der Waals surface area contributed by atoms with Crippen molar-refractivity contribution in [1.29, 1.82) is 0 Å². The average Bonchev–Trinajstić information content (AvgIpc) is 2.94. The maximum atomic E-state index is 12.0. The van der Waals surface area contributed by atoms with Gasteiger partial charge in [-0.1, -0.05) is 6.07 Å². The Labute approximate surface area is 135 Å². The first-order valence-electron chi connectivity index (χ1n) is 7.79. The number of sulfone groups is 1. The van der Waals surface area contributed by atoms with Crippen LogP contribution in [0.1, 0.15) is 12.0 Å². The molecule has 7 nitrogen and oxygen atoms in total. The van der Waals surface area contributed by atoms with E-state index in [4.69, 9.17) is 4.74 Å². The zero-order valence-electron chi connectivity index (χ0n) is 12.9. The highest BCUT2D eigenvalue weighted by Crippen LogP contribution is 2.18. The molecule has 0 spiro atoms. The lowest BCUT2D eigenvalue weighted by molar-refractivity contribution is -0.124. The fourth-order valence-electron chi connectivity index (χ4n) is 2.84. The van der Waals surface area contributed by atoms with Crippen LogP contribution >= 0.6 is 0 Å². The van der Waals surface area contributed by atoms with E-state index < -0.39 is 15.8 Å². The Morgan fingerprint density at radius 3 is 2.74 bits per heavy atom. The van der Waals surface area contributed by atoms with Crippen molar-refractivity contribution in [3.05, 3.63) is 23.9 Å². The van der Waals surface area contributed by atoms with Crippen molar-refractivity contribution in [3.63, 3.8) is 0 Å². The summed E-state index contributed by atoms with van der Waals surface area (Å²) in [5, 5.41) is 2.80. The molecule has 0 saturated carbocycles. The van der Waals surface area contributed by atoms with Crippen molar-refractivity contribution in [1.82, 2.24) is 10.3 Å². The van der Waals surface area contributed by atoms with Crippen LogP contribution in [0.3, 0.4) is 0 Å². The Kier molecular flexibility index (Phi) is 4.82. The number of rotatable bonds is 4. The first kappa shape index (κ1) is 16.2. The maximum Gasteiger partial charge on any atom is 0.224 e. The molecular formula is C15H21N3O4S. The van der Waals surface area contributed by atoms with Crippen molar-refractivity contribution >= 4 is 21.6 Å². The Morgan fingerprint density at radius 1 is 1.35 bits per heavy atom. The minimum absolute atomic E-state index is 0.0347. The number of amides is 1. The third kappa shape index (κ3) is 4.20. The highest BCUT2D eigenvalue weighted by molar-refractivity contribution is 7.91.